The van der Waals surface area contributed by atoms with Gasteiger partial charge in [0.05, 0.1) is 6.04 Å². The molecule has 0 saturated heterocycles. The molecule has 0 spiro atoms. The molecule has 0 aliphatic heterocycles. The predicted octanol–water partition coefficient (Wildman–Crippen LogP) is 4.69. The summed E-state index contributed by atoms with van der Waals surface area (Å²) in [6.07, 6.45) is 0. The van der Waals surface area contributed by atoms with Crippen molar-refractivity contribution in [2.45, 2.75) is 19.9 Å². The standard InChI is InChI=1S/C19H19N3OS/c1-13-7-6-10-16(11-13)21-19-22-17(12-24-19)18(23)20-14(2)15-8-4-3-5-9-15/h3-12,14H,1-2H3,(H,20,23)(H,21,22). The quantitative estimate of drug-likeness (QED) is 0.710. The van der Waals surface area contributed by atoms with Crippen molar-refractivity contribution in [1.82, 2.24) is 10.3 Å². The van der Waals surface area contributed by atoms with Gasteiger partial charge in [0.1, 0.15) is 5.69 Å². The highest BCUT2D eigenvalue weighted by Gasteiger charge is 2.14. The van der Waals surface area contributed by atoms with Crippen LogP contribution in [0.25, 0.3) is 0 Å². The lowest BCUT2D eigenvalue weighted by molar-refractivity contribution is 0.0935. The Kier molecular flexibility index (Phi) is 4.91. The van der Waals surface area contributed by atoms with Crippen molar-refractivity contribution >= 4 is 28.1 Å². The fourth-order valence-corrected chi connectivity index (χ4v) is 3.09. The lowest BCUT2D eigenvalue weighted by Gasteiger charge is -2.13. The highest BCUT2D eigenvalue weighted by molar-refractivity contribution is 7.14. The fourth-order valence-electron chi connectivity index (χ4n) is 2.38. The molecular weight excluding hydrogens is 318 g/mol. The summed E-state index contributed by atoms with van der Waals surface area (Å²) in [4.78, 5) is 16.7. The maximum Gasteiger partial charge on any atom is 0.271 e. The molecule has 3 rings (SSSR count). The number of carbonyl (C=O) groups is 1. The van der Waals surface area contributed by atoms with Crippen molar-refractivity contribution in [2.24, 2.45) is 0 Å². The lowest BCUT2D eigenvalue weighted by atomic mass is 10.1. The Morgan fingerprint density at radius 2 is 1.92 bits per heavy atom. The van der Waals surface area contributed by atoms with E-state index in [9.17, 15) is 4.79 Å². The van der Waals surface area contributed by atoms with E-state index in [4.69, 9.17) is 0 Å². The van der Waals surface area contributed by atoms with E-state index in [2.05, 4.69) is 15.6 Å². The Morgan fingerprint density at radius 3 is 2.67 bits per heavy atom. The van der Waals surface area contributed by atoms with Gasteiger partial charge in [-0.1, -0.05) is 42.5 Å². The minimum Gasteiger partial charge on any atom is -0.344 e. The summed E-state index contributed by atoms with van der Waals surface area (Å²) in [5.41, 5.74) is 3.64. The van der Waals surface area contributed by atoms with Crippen LogP contribution in [0, 0.1) is 6.92 Å². The van der Waals surface area contributed by atoms with Crippen LogP contribution >= 0.6 is 11.3 Å². The average Bonchev–Trinajstić information content (AvgIpc) is 3.04. The summed E-state index contributed by atoms with van der Waals surface area (Å²) in [7, 11) is 0. The lowest BCUT2D eigenvalue weighted by Crippen LogP contribution is -2.26. The number of anilines is 2. The Bertz CT molecular complexity index is 829. The number of hydrogen-bond acceptors (Lipinski definition) is 4. The largest absolute Gasteiger partial charge is 0.344 e. The monoisotopic (exact) mass is 337 g/mol. The minimum atomic E-state index is -0.167. The molecule has 0 radical (unpaired) electrons. The number of benzene rings is 2. The van der Waals surface area contributed by atoms with Crippen LogP contribution in [0.3, 0.4) is 0 Å². The second kappa shape index (κ2) is 7.27. The number of nitrogens with one attached hydrogen (secondary N) is 2. The fraction of sp³-hybridized carbons (Fsp3) is 0.158. The molecular formula is C19H19N3OS. The summed E-state index contributed by atoms with van der Waals surface area (Å²) in [5.74, 6) is -0.167. The van der Waals surface area contributed by atoms with Crippen molar-refractivity contribution < 1.29 is 4.79 Å². The van der Waals surface area contributed by atoms with Gasteiger partial charge in [-0.05, 0) is 37.1 Å². The molecule has 3 aromatic rings. The third-order valence-electron chi connectivity index (χ3n) is 3.65. The molecule has 0 saturated carbocycles. The second-order valence-electron chi connectivity index (χ2n) is 5.64. The van der Waals surface area contributed by atoms with E-state index < -0.39 is 0 Å². The first-order valence-electron chi connectivity index (χ1n) is 7.77. The third kappa shape index (κ3) is 4.00. The number of carbonyl (C=O) groups excluding carboxylic acids is 1. The number of thiazole rings is 1. The van der Waals surface area contributed by atoms with Gasteiger partial charge in [0, 0.05) is 11.1 Å². The first-order chi connectivity index (χ1) is 11.6. The Labute approximate surface area is 145 Å². The van der Waals surface area contributed by atoms with E-state index in [0.717, 1.165) is 11.3 Å². The zero-order valence-electron chi connectivity index (χ0n) is 13.6. The van der Waals surface area contributed by atoms with Crippen LogP contribution in [0.5, 0.6) is 0 Å². The van der Waals surface area contributed by atoms with Gasteiger partial charge in [-0.25, -0.2) is 4.98 Å². The summed E-state index contributed by atoms with van der Waals surface area (Å²) < 4.78 is 0. The minimum absolute atomic E-state index is 0.0615. The summed E-state index contributed by atoms with van der Waals surface area (Å²) in [6.45, 7) is 4.00. The molecule has 0 aliphatic carbocycles. The molecule has 0 fully saturated rings. The van der Waals surface area contributed by atoms with E-state index in [1.165, 1.54) is 16.9 Å². The average molecular weight is 337 g/mol. The van der Waals surface area contributed by atoms with Crippen LogP contribution < -0.4 is 10.6 Å². The van der Waals surface area contributed by atoms with Gasteiger partial charge >= 0.3 is 0 Å². The van der Waals surface area contributed by atoms with Gasteiger partial charge in [-0.3, -0.25) is 4.79 Å². The van der Waals surface area contributed by atoms with Crippen molar-refractivity contribution in [3.63, 3.8) is 0 Å². The summed E-state index contributed by atoms with van der Waals surface area (Å²) in [5, 5.41) is 8.68. The number of aryl methyl sites for hydroxylation is 1. The molecule has 1 atom stereocenters. The zero-order chi connectivity index (χ0) is 16.9. The Balaban J connectivity index is 1.65. The number of amides is 1. The molecule has 2 aromatic carbocycles. The molecule has 2 N–H and O–H groups in total. The zero-order valence-corrected chi connectivity index (χ0v) is 14.4. The summed E-state index contributed by atoms with van der Waals surface area (Å²) >= 11 is 1.42. The smallest absolute Gasteiger partial charge is 0.271 e. The van der Waals surface area contributed by atoms with Gasteiger partial charge < -0.3 is 10.6 Å². The molecule has 24 heavy (non-hydrogen) atoms. The highest BCUT2D eigenvalue weighted by Crippen LogP contribution is 2.22. The van der Waals surface area contributed by atoms with Crippen molar-refractivity contribution in [1.29, 1.82) is 0 Å². The molecule has 1 heterocycles. The third-order valence-corrected chi connectivity index (χ3v) is 4.41. The Hall–Kier alpha value is -2.66. The highest BCUT2D eigenvalue weighted by atomic mass is 32.1. The van der Waals surface area contributed by atoms with Gasteiger partial charge in [0.2, 0.25) is 0 Å². The van der Waals surface area contributed by atoms with Gasteiger partial charge in [0.25, 0.3) is 5.91 Å². The number of rotatable bonds is 5. The second-order valence-corrected chi connectivity index (χ2v) is 6.50. The molecule has 1 unspecified atom stereocenters. The molecule has 0 aliphatic rings. The van der Waals surface area contributed by atoms with E-state index in [0.29, 0.717) is 10.8 Å². The number of hydrogen-bond donors (Lipinski definition) is 2. The topological polar surface area (TPSA) is 54.0 Å². The number of aromatic nitrogens is 1. The van der Waals surface area contributed by atoms with Gasteiger partial charge in [-0.2, -0.15) is 0 Å². The molecule has 5 heteroatoms. The van der Waals surface area contributed by atoms with Gasteiger partial charge in [-0.15, -0.1) is 11.3 Å². The van der Waals surface area contributed by atoms with Crippen LogP contribution in [-0.2, 0) is 0 Å². The van der Waals surface area contributed by atoms with Gasteiger partial charge in [0.15, 0.2) is 5.13 Å². The maximum atomic E-state index is 12.4. The van der Waals surface area contributed by atoms with Crippen molar-refractivity contribution in [2.75, 3.05) is 5.32 Å². The van der Waals surface area contributed by atoms with Crippen molar-refractivity contribution in [3.05, 3.63) is 76.8 Å². The van der Waals surface area contributed by atoms with Crippen LogP contribution in [0.1, 0.15) is 34.6 Å². The normalized spacial score (nSPS) is 11.8. The first-order valence-corrected chi connectivity index (χ1v) is 8.65. The maximum absolute atomic E-state index is 12.4. The van der Waals surface area contributed by atoms with E-state index in [1.54, 1.807) is 5.38 Å². The molecule has 0 bridgehead atoms. The molecule has 1 amide bonds. The van der Waals surface area contributed by atoms with E-state index in [1.807, 2.05) is 68.4 Å². The van der Waals surface area contributed by atoms with Crippen molar-refractivity contribution in [3.8, 4) is 0 Å². The number of nitrogens with zero attached hydrogens (tertiary/aromatic N) is 1. The molecule has 4 nitrogen and oxygen atoms in total. The first kappa shape index (κ1) is 16.2. The van der Waals surface area contributed by atoms with E-state index in [-0.39, 0.29) is 11.9 Å². The van der Waals surface area contributed by atoms with Crippen LogP contribution in [0.2, 0.25) is 0 Å². The SMILES string of the molecule is Cc1cccc(Nc2nc(C(=O)NC(C)c3ccccc3)cs2)c1. The van der Waals surface area contributed by atoms with Crippen LogP contribution in [0.15, 0.2) is 60.0 Å². The van der Waals surface area contributed by atoms with E-state index >= 15 is 0 Å². The molecule has 122 valence electrons. The Morgan fingerprint density at radius 1 is 1.12 bits per heavy atom. The molecule has 1 aromatic heterocycles. The van der Waals surface area contributed by atoms with Crippen LogP contribution in [-0.4, -0.2) is 10.9 Å². The summed E-state index contributed by atoms with van der Waals surface area (Å²) in [6, 6.07) is 17.9. The van der Waals surface area contributed by atoms with Crippen LogP contribution in [0.4, 0.5) is 10.8 Å². The predicted molar refractivity (Wildman–Crippen MR) is 98.9 cm³/mol.